The van der Waals surface area contributed by atoms with E-state index in [0.717, 1.165) is 16.6 Å². The van der Waals surface area contributed by atoms with Crippen molar-refractivity contribution in [2.75, 3.05) is 7.11 Å². The minimum Gasteiger partial charge on any atom is -0.493 e. The van der Waals surface area contributed by atoms with E-state index in [4.69, 9.17) is 25.8 Å². The van der Waals surface area contributed by atoms with Crippen molar-refractivity contribution in [3.05, 3.63) is 94.6 Å². The van der Waals surface area contributed by atoms with E-state index >= 15 is 0 Å². The molecular weight excluding hydrogens is 414 g/mol. The fraction of sp³-hybridized carbons (Fsp3) is 0.120. The molecule has 1 aromatic heterocycles. The lowest BCUT2D eigenvalue weighted by atomic mass is 10.2. The minimum absolute atomic E-state index is 0.346. The van der Waals surface area contributed by atoms with Crippen molar-refractivity contribution >= 4 is 28.5 Å². The monoisotopic (exact) mass is 433 g/mol. The molecule has 6 heteroatoms. The summed E-state index contributed by atoms with van der Waals surface area (Å²) in [6.07, 6.45) is 0. The summed E-state index contributed by atoms with van der Waals surface area (Å²) in [5, 5.41) is 1.57. The van der Waals surface area contributed by atoms with Gasteiger partial charge in [-0.3, -0.25) is 0 Å². The van der Waals surface area contributed by atoms with Gasteiger partial charge >= 0.3 is 5.97 Å². The van der Waals surface area contributed by atoms with Crippen LogP contribution in [-0.2, 0) is 6.61 Å². The summed E-state index contributed by atoms with van der Waals surface area (Å²) < 4.78 is 16.9. The molecule has 31 heavy (non-hydrogen) atoms. The van der Waals surface area contributed by atoms with Crippen molar-refractivity contribution in [3.63, 3.8) is 0 Å². The van der Waals surface area contributed by atoms with Crippen molar-refractivity contribution in [1.82, 2.24) is 4.98 Å². The molecule has 5 nitrogen and oxygen atoms in total. The summed E-state index contributed by atoms with van der Waals surface area (Å²) in [7, 11) is 1.52. The van der Waals surface area contributed by atoms with Gasteiger partial charge < -0.3 is 14.2 Å². The molecule has 0 fully saturated rings. The maximum absolute atomic E-state index is 12.8. The van der Waals surface area contributed by atoms with Crippen molar-refractivity contribution < 1.29 is 19.0 Å². The standard InChI is InChI=1S/C25H20ClNO4/c1-16-6-9-18-4-3-5-22(24(18)27-16)31-25(28)19-10-13-21(23(14-19)29-2)30-15-17-7-11-20(26)12-8-17/h3-14H,15H2,1-2H3. The Labute approximate surface area is 185 Å². The first-order valence-electron chi connectivity index (χ1n) is 9.67. The largest absolute Gasteiger partial charge is 0.493 e. The number of carbonyl (C=O) groups is 1. The topological polar surface area (TPSA) is 57.7 Å². The van der Waals surface area contributed by atoms with Crippen LogP contribution in [0.25, 0.3) is 10.9 Å². The van der Waals surface area contributed by atoms with E-state index in [1.807, 2.05) is 43.3 Å². The maximum Gasteiger partial charge on any atom is 0.343 e. The summed E-state index contributed by atoms with van der Waals surface area (Å²) in [5.41, 5.74) is 2.81. The quantitative estimate of drug-likeness (QED) is 0.275. The highest BCUT2D eigenvalue weighted by atomic mass is 35.5. The second kappa shape index (κ2) is 9.06. The van der Waals surface area contributed by atoms with Crippen molar-refractivity contribution in [2.45, 2.75) is 13.5 Å². The van der Waals surface area contributed by atoms with Gasteiger partial charge in [0.1, 0.15) is 12.1 Å². The van der Waals surface area contributed by atoms with E-state index in [0.29, 0.717) is 40.0 Å². The van der Waals surface area contributed by atoms with Gasteiger partial charge in [0.2, 0.25) is 0 Å². The van der Waals surface area contributed by atoms with Gasteiger partial charge in [-0.05, 0) is 55.0 Å². The van der Waals surface area contributed by atoms with Crippen LogP contribution in [0.4, 0.5) is 0 Å². The van der Waals surface area contributed by atoms with Gasteiger partial charge in [-0.2, -0.15) is 0 Å². The second-order valence-electron chi connectivity index (χ2n) is 6.95. The smallest absolute Gasteiger partial charge is 0.343 e. The SMILES string of the molecule is COc1cc(C(=O)Oc2cccc3ccc(C)nc23)ccc1OCc1ccc(Cl)cc1. The third-order valence-electron chi connectivity index (χ3n) is 4.73. The Kier molecular flexibility index (Phi) is 6.05. The Bertz CT molecular complexity index is 1240. The number of para-hydroxylation sites is 1. The molecule has 0 spiro atoms. The summed E-state index contributed by atoms with van der Waals surface area (Å²) >= 11 is 5.91. The molecule has 4 rings (SSSR count). The van der Waals surface area contributed by atoms with E-state index in [-0.39, 0.29) is 0 Å². The first kappa shape index (κ1) is 20.7. The van der Waals surface area contributed by atoms with Gasteiger partial charge in [0, 0.05) is 16.1 Å². The minimum atomic E-state index is -0.502. The lowest BCUT2D eigenvalue weighted by Gasteiger charge is -2.13. The number of nitrogens with zero attached hydrogens (tertiary/aromatic N) is 1. The van der Waals surface area contributed by atoms with Gasteiger partial charge in [0.05, 0.1) is 12.7 Å². The zero-order valence-electron chi connectivity index (χ0n) is 17.1. The predicted molar refractivity (Wildman–Crippen MR) is 120 cm³/mol. The van der Waals surface area contributed by atoms with Crippen LogP contribution < -0.4 is 14.2 Å². The van der Waals surface area contributed by atoms with E-state index in [1.165, 1.54) is 7.11 Å². The third kappa shape index (κ3) is 4.78. The maximum atomic E-state index is 12.8. The number of rotatable bonds is 6. The fourth-order valence-corrected chi connectivity index (χ4v) is 3.24. The number of hydrogen-bond acceptors (Lipinski definition) is 5. The predicted octanol–water partition coefficient (Wildman–Crippen LogP) is 6.00. The number of aromatic nitrogens is 1. The molecule has 4 aromatic rings. The summed E-state index contributed by atoms with van der Waals surface area (Å²) in [4.78, 5) is 17.3. The lowest BCUT2D eigenvalue weighted by molar-refractivity contribution is 0.0736. The van der Waals surface area contributed by atoms with Gasteiger partial charge in [-0.25, -0.2) is 9.78 Å². The molecule has 0 aliphatic heterocycles. The number of hydrogen-bond donors (Lipinski definition) is 0. The van der Waals surface area contributed by atoms with Crippen LogP contribution in [0.3, 0.4) is 0 Å². The van der Waals surface area contributed by atoms with Gasteiger partial charge in [-0.15, -0.1) is 0 Å². The molecule has 0 N–H and O–H groups in total. The number of methoxy groups -OCH3 is 1. The van der Waals surface area contributed by atoms with Crippen LogP contribution in [-0.4, -0.2) is 18.1 Å². The van der Waals surface area contributed by atoms with E-state index < -0.39 is 5.97 Å². The zero-order chi connectivity index (χ0) is 21.8. The fourth-order valence-electron chi connectivity index (χ4n) is 3.11. The van der Waals surface area contributed by atoms with Crippen LogP contribution in [0.1, 0.15) is 21.6 Å². The van der Waals surface area contributed by atoms with Gasteiger partial charge in [0.25, 0.3) is 0 Å². The van der Waals surface area contributed by atoms with Crippen LogP contribution in [0.5, 0.6) is 17.2 Å². The number of ether oxygens (including phenoxy) is 3. The summed E-state index contributed by atoms with van der Waals surface area (Å²) in [6.45, 7) is 2.24. The number of benzene rings is 3. The molecule has 0 saturated heterocycles. The molecule has 0 aliphatic carbocycles. The van der Waals surface area contributed by atoms with Gasteiger partial charge in [-0.1, -0.05) is 41.9 Å². The van der Waals surface area contributed by atoms with Crippen molar-refractivity contribution in [2.24, 2.45) is 0 Å². The highest BCUT2D eigenvalue weighted by molar-refractivity contribution is 6.30. The van der Waals surface area contributed by atoms with E-state index in [9.17, 15) is 4.79 Å². The Morgan fingerprint density at radius 3 is 2.52 bits per heavy atom. The molecule has 0 atom stereocenters. The molecule has 156 valence electrons. The Hall–Kier alpha value is -3.57. The number of fused-ring (bicyclic) bond motifs is 1. The van der Waals surface area contributed by atoms with E-state index in [2.05, 4.69) is 4.98 Å². The highest BCUT2D eigenvalue weighted by Gasteiger charge is 2.15. The number of aryl methyl sites for hydroxylation is 1. The lowest BCUT2D eigenvalue weighted by Crippen LogP contribution is -2.09. The third-order valence-corrected chi connectivity index (χ3v) is 4.98. The van der Waals surface area contributed by atoms with Crippen LogP contribution in [0.2, 0.25) is 5.02 Å². The van der Waals surface area contributed by atoms with E-state index in [1.54, 1.807) is 36.4 Å². The number of esters is 1. The number of halogens is 1. The van der Waals surface area contributed by atoms with Crippen LogP contribution in [0, 0.1) is 6.92 Å². The molecule has 0 unspecified atom stereocenters. The van der Waals surface area contributed by atoms with Crippen LogP contribution >= 0.6 is 11.6 Å². The van der Waals surface area contributed by atoms with Crippen LogP contribution in [0.15, 0.2) is 72.8 Å². The Morgan fingerprint density at radius 1 is 0.935 bits per heavy atom. The van der Waals surface area contributed by atoms with Gasteiger partial charge in [0.15, 0.2) is 17.2 Å². The highest BCUT2D eigenvalue weighted by Crippen LogP contribution is 2.30. The molecular formula is C25H20ClNO4. The number of pyridine rings is 1. The zero-order valence-corrected chi connectivity index (χ0v) is 17.8. The first-order chi connectivity index (χ1) is 15.0. The molecule has 0 amide bonds. The molecule has 1 heterocycles. The molecule has 0 bridgehead atoms. The Balaban J connectivity index is 1.52. The average Bonchev–Trinajstić information content (AvgIpc) is 2.79. The molecule has 3 aromatic carbocycles. The summed E-state index contributed by atoms with van der Waals surface area (Å²) in [5.74, 6) is 0.873. The Morgan fingerprint density at radius 2 is 1.74 bits per heavy atom. The average molecular weight is 434 g/mol. The second-order valence-corrected chi connectivity index (χ2v) is 7.39. The number of carbonyl (C=O) groups excluding carboxylic acids is 1. The molecule has 0 saturated carbocycles. The summed E-state index contributed by atoms with van der Waals surface area (Å²) in [6, 6.07) is 21.7. The first-order valence-corrected chi connectivity index (χ1v) is 10.0. The van der Waals surface area contributed by atoms with Crippen molar-refractivity contribution in [3.8, 4) is 17.2 Å². The molecule has 0 radical (unpaired) electrons. The van der Waals surface area contributed by atoms with Crippen molar-refractivity contribution in [1.29, 1.82) is 0 Å². The molecule has 0 aliphatic rings. The normalized spacial score (nSPS) is 10.7.